The quantitative estimate of drug-likeness (QED) is 0.476. The molecule has 4 aliphatic carbocycles. The molecule has 2 unspecified atom stereocenters. The predicted molar refractivity (Wildman–Crippen MR) is 104 cm³/mol. The van der Waals surface area contributed by atoms with E-state index in [1.54, 1.807) is 6.08 Å². The van der Waals surface area contributed by atoms with Crippen molar-refractivity contribution in [2.75, 3.05) is 26.8 Å². The molecule has 0 aromatic heterocycles. The van der Waals surface area contributed by atoms with E-state index in [4.69, 9.17) is 4.74 Å². The van der Waals surface area contributed by atoms with Crippen molar-refractivity contribution >= 4 is 5.97 Å². The van der Waals surface area contributed by atoms with Gasteiger partial charge in [0.25, 0.3) is 0 Å². The number of aliphatic hydroxyl groups excluding tert-OH is 1. The van der Waals surface area contributed by atoms with Gasteiger partial charge in [-0.2, -0.15) is 0 Å². The summed E-state index contributed by atoms with van der Waals surface area (Å²) in [6, 6.07) is 0. The molecule has 0 radical (unpaired) electrons. The Balaban J connectivity index is 1.71. The molecule has 6 aliphatic rings. The van der Waals surface area contributed by atoms with E-state index in [1.165, 1.54) is 18.3 Å². The number of methoxy groups -OCH3 is 1. The van der Waals surface area contributed by atoms with Gasteiger partial charge in [0.1, 0.15) is 5.60 Å². The van der Waals surface area contributed by atoms with E-state index in [0.717, 1.165) is 25.7 Å². The second-order valence-electron chi connectivity index (χ2n) is 10.5. The largest absolute Gasteiger partial charge is 0.469 e. The Kier molecular flexibility index (Phi) is 3.41. The lowest BCUT2D eigenvalue weighted by Gasteiger charge is -2.68. The molecule has 6 nitrogen and oxygen atoms in total. The highest BCUT2D eigenvalue weighted by Gasteiger charge is 2.84. The predicted octanol–water partition coefficient (Wildman–Crippen LogP) is 1.22. The minimum absolute atomic E-state index is 0.0396. The van der Waals surface area contributed by atoms with Gasteiger partial charge in [0.05, 0.1) is 25.0 Å². The van der Waals surface area contributed by atoms with E-state index >= 15 is 0 Å². The molecule has 1 spiro atoms. The number of carbonyl (C=O) groups excluding carboxylic acids is 1. The zero-order valence-electron chi connectivity index (χ0n) is 17.2. The Bertz CT molecular complexity index is 867. The minimum Gasteiger partial charge on any atom is -0.469 e. The zero-order chi connectivity index (χ0) is 20.4. The molecule has 29 heavy (non-hydrogen) atoms. The number of piperidine rings is 1. The van der Waals surface area contributed by atoms with Gasteiger partial charge in [0.2, 0.25) is 0 Å². The summed E-state index contributed by atoms with van der Waals surface area (Å²) in [6.07, 6.45) is 8.03. The number of esters is 1. The van der Waals surface area contributed by atoms with Gasteiger partial charge < -0.3 is 20.1 Å². The molecule has 3 fully saturated rings. The fraction of sp³-hybridized carbons (Fsp3) is 0.783. The summed E-state index contributed by atoms with van der Waals surface area (Å²) in [7, 11) is 1.43. The molecule has 0 amide bonds. The Morgan fingerprint density at radius 1 is 1.24 bits per heavy atom. The third-order valence-corrected chi connectivity index (χ3v) is 10.00. The summed E-state index contributed by atoms with van der Waals surface area (Å²) in [5.74, 6) is -0.460. The third-order valence-electron chi connectivity index (χ3n) is 10.00. The van der Waals surface area contributed by atoms with Crippen LogP contribution in [-0.2, 0) is 9.53 Å². The van der Waals surface area contributed by atoms with Crippen LogP contribution in [0.2, 0.25) is 0 Å². The van der Waals surface area contributed by atoms with Crippen LogP contribution in [0.4, 0.5) is 0 Å². The van der Waals surface area contributed by atoms with Crippen LogP contribution in [0.3, 0.4) is 0 Å². The first-order valence-corrected chi connectivity index (χ1v) is 11.1. The van der Waals surface area contributed by atoms with Crippen LogP contribution in [0.5, 0.6) is 0 Å². The molecule has 2 aliphatic heterocycles. The third kappa shape index (κ3) is 1.62. The van der Waals surface area contributed by atoms with E-state index in [2.05, 4.69) is 4.90 Å². The fourth-order valence-corrected chi connectivity index (χ4v) is 8.87. The van der Waals surface area contributed by atoms with Gasteiger partial charge in [-0.05, 0) is 43.9 Å². The number of hydrogen-bond donors (Lipinski definition) is 3. The van der Waals surface area contributed by atoms with Crippen molar-refractivity contribution in [2.24, 2.45) is 34.5 Å². The van der Waals surface area contributed by atoms with Crippen LogP contribution in [0.1, 0.15) is 39.0 Å². The first-order valence-electron chi connectivity index (χ1n) is 11.1. The Morgan fingerprint density at radius 2 is 2.00 bits per heavy atom. The molecular formula is C23H31NO5. The van der Waals surface area contributed by atoms with Crippen molar-refractivity contribution in [1.82, 2.24) is 4.90 Å². The molecule has 6 heteroatoms. The van der Waals surface area contributed by atoms with Crippen LogP contribution < -0.4 is 0 Å². The van der Waals surface area contributed by atoms with Gasteiger partial charge in [0.15, 0.2) is 5.72 Å². The highest BCUT2D eigenvalue weighted by atomic mass is 16.5. The molecule has 0 aromatic carbocycles. The van der Waals surface area contributed by atoms with Crippen molar-refractivity contribution in [3.05, 3.63) is 23.3 Å². The van der Waals surface area contributed by atoms with E-state index in [0.29, 0.717) is 19.5 Å². The molecule has 6 rings (SSSR count). The number of carbonyl (C=O) groups is 1. The number of allylic oxidation sites excluding steroid dienone is 1. The number of ether oxygens (including phenoxy) is 1. The van der Waals surface area contributed by atoms with Gasteiger partial charge in [0, 0.05) is 24.4 Å². The summed E-state index contributed by atoms with van der Waals surface area (Å²) in [5.41, 5.74) is -1.88. The van der Waals surface area contributed by atoms with Crippen molar-refractivity contribution in [3.63, 3.8) is 0 Å². The van der Waals surface area contributed by atoms with Gasteiger partial charge in [-0.25, -0.2) is 0 Å². The molecule has 3 N–H and O–H groups in total. The lowest BCUT2D eigenvalue weighted by molar-refractivity contribution is -0.308. The molecule has 2 saturated heterocycles. The Morgan fingerprint density at radius 3 is 2.72 bits per heavy atom. The summed E-state index contributed by atoms with van der Waals surface area (Å²) in [5, 5.41) is 35.4. The molecular weight excluding hydrogens is 370 g/mol. The SMILES string of the molecule is COC(=O)[C@@H]1C[C@@]23C4=C(CC[C@@H]5CN6C[C@@H](C)C(O)(C=CC52CO)[C@]63O)CC[C@@H]41. The maximum atomic E-state index is 12.8. The number of hydrogen-bond acceptors (Lipinski definition) is 6. The molecule has 0 aromatic rings. The van der Waals surface area contributed by atoms with E-state index < -0.39 is 22.2 Å². The van der Waals surface area contributed by atoms with Crippen molar-refractivity contribution in [1.29, 1.82) is 0 Å². The fourth-order valence-electron chi connectivity index (χ4n) is 8.87. The summed E-state index contributed by atoms with van der Waals surface area (Å²) >= 11 is 0. The minimum atomic E-state index is -1.51. The lowest BCUT2D eigenvalue weighted by Crippen LogP contribution is -2.79. The maximum Gasteiger partial charge on any atom is 0.309 e. The van der Waals surface area contributed by atoms with Crippen LogP contribution in [-0.4, -0.2) is 64.3 Å². The average Bonchev–Trinajstić information content (AvgIpc) is 3.32. The zero-order valence-corrected chi connectivity index (χ0v) is 17.2. The first-order chi connectivity index (χ1) is 13.8. The van der Waals surface area contributed by atoms with Gasteiger partial charge in [-0.1, -0.05) is 30.2 Å². The van der Waals surface area contributed by atoms with Gasteiger partial charge >= 0.3 is 5.97 Å². The Hall–Kier alpha value is -1.21. The van der Waals surface area contributed by atoms with Crippen molar-refractivity contribution < 1.29 is 24.9 Å². The van der Waals surface area contributed by atoms with E-state index in [-0.39, 0.29) is 36.2 Å². The number of rotatable bonds is 2. The summed E-state index contributed by atoms with van der Waals surface area (Å²) in [6.45, 7) is 3.21. The highest BCUT2D eigenvalue weighted by Crippen LogP contribution is 2.78. The standard InChI is InChI=1S/C23H31NO5/c1-13-10-24-11-15-5-3-14-4-6-16-17(19(26)29-2)9-21(18(14)16)20(15,12-25)7-8-22(13,27)23(21,24)28/h7-8,13,15-17,25,27-28H,3-6,9-12H2,1-2H3/t13-,15-,16-,17-,20?,21-,22?,23+/m1/s1. The van der Waals surface area contributed by atoms with Gasteiger partial charge in [-0.15, -0.1) is 0 Å². The summed E-state index contributed by atoms with van der Waals surface area (Å²) in [4.78, 5) is 14.9. The first kappa shape index (κ1) is 18.6. The smallest absolute Gasteiger partial charge is 0.309 e. The van der Waals surface area contributed by atoms with E-state index in [1.807, 2.05) is 13.0 Å². The normalized spacial score (nSPS) is 54.5. The topological polar surface area (TPSA) is 90.2 Å². The molecule has 158 valence electrons. The summed E-state index contributed by atoms with van der Waals surface area (Å²) < 4.78 is 5.19. The molecule has 1 saturated carbocycles. The second-order valence-corrected chi connectivity index (χ2v) is 10.5. The van der Waals surface area contributed by atoms with Crippen molar-refractivity contribution in [3.8, 4) is 0 Å². The Labute approximate surface area is 171 Å². The van der Waals surface area contributed by atoms with Crippen LogP contribution >= 0.6 is 0 Å². The second kappa shape index (κ2) is 5.34. The molecule has 2 heterocycles. The van der Waals surface area contributed by atoms with Crippen LogP contribution in [0.25, 0.3) is 0 Å². The molecule has 8 atom stereocenters. The van der Waals surface area contributed by atoms with E-state index in [9.17, 15) is 20.1 Å². The lowest BCUT2D eigenvalue weighted by atomic mass is 9.43. The number of aliphatic hydroxyl groups is 3. The monoisotopic (exact) mass is 401 g/mol. The highest BCUT2D eigenvalue weighted by molar-refractivity contribution is 5.75. The average molecular weight is 402 g/mol. The maximum absolute atomic E-state index is 12.8. The van der Waals surface area contributed by atoms with Crippen molar-refractivity contribution in [2.45, 2.75) is 50.4 Å². The van der Waals surface area contributed by atoms with Gasteiger partial charge in [-0.3, -0.25) is 9.69 Å². The molecule has 4 bridgehead atoms. The van der Waals surface area contributed by atoms with Crippen LogP contribution in [0, 0.1) is 34.5 Å². The number of nitrogens with zero attached hydrogens (tertiary/aromatic N) is 1. The van der Waals surface area contributed by atoms with Crippen LogP contribution in [0.15, 0.2) is 23.3 Å².